The van der Waals surface area contributed by atoms with Gasteiger partial charge in [0.1, 0.15) is 5.75 Å². The number of rotatable bonds is 4. The van der Waals surface area contributed by atoms with E-state index in [9.17, 15) is 0 Å². The highest BCUT2D eigenvalue weighted by molar-refractivity contribution is 5.19. The molecule has 0 bridgehead atoms. The molecule has 1 heterocycles. The van der Waals surface area contributed by atoms with Gasteiger partial charge in [0.15, 0.2) is 0 Å². The second-order valence-electron chi connectivity index (χ2n) is 3.21. The van der Waals surface area contributed by atoms with Gasteiger partial charge in [0.25, 0.3) is 0 Å². The van der Waals surface area contributed by atoms with E-state index in [1.807, 2.05) is 19.1 Å². The summed E-state index contributed by atoms with van der Waals surface area (Å²) < 4.78 is 5.01. The molecule has 72 valence electrons. The zero-order chi connectivity index (χ0) is 9.68. The fourth-order valence-electron chi connectivity index (χ4n) is 1.06. The van der Waals surface area contributed by atoms with Gasteiger partial charge < -0.3 is 10.5 Å². The van der Waals surface area contributed by atoms with Crippen LogP contribution in [-0.2, 0) is 6.42 Å². The van der Waals surface area contributed by atoms with Crippen molar-refractivity contribution in [2.75, 3.05) is 7.11 Å². The Morgan fingerprint density at radius 1 is 1.54 bits per heavy atom. The van der Waals surface area contributed by atoms with Crippen molar-refractivity contribution in [3.8, 4) is 5.75 Å². The Hall–Kier alpha value is -1.09. The maximum atomic E-state index is 5.64. The van der Waals surface area contributed by atoms with Gasteiger partial charge in [-0.15, -0.1) is 0 Å². The van der Waals surface area contributed by atoms with Crippen LogP contribution in [0.25, 0.3) is 0 Å². The van der Waals surface area contributed by atoms with Crippen LogP contribution in [0.4, 0.5) is 0 Å². The summed E-state index contributed by atoms with van der Waals surface area (Å²) in [4.78, 5) is 4.24. The minimum atomic E-state index is 0.240. The second-order valence-corrected chi connectivity index (χ2v) is 3.21. The summed E-state index contributed by atoms with van der Waals surface area (Å²) in [5.41, 5.74) is 6.71. The highest BCUT2D eigenvalue weighted by atomic mass is 16.5. The third kappa shape index (κ3) is 3.42. The standard InChI is InChI=1S/C10H16N2O/c1-8(11)3-4-9-5-6-10(13-2)7-12-9/h5-8H,3-4,11H2,1-2H3/t8-/m0/s1. The van der Waals surface area contributed by atoms with Crippen molar-refractivity contribution in [2.24, 2.45) is 5.73 Å². The van der Waals surface area contributed by atoms with Crippen molar-refractivity contribution in [3.63, 3.8) is 0 Å². The molecule has 1 atom stereocenters. The summed E-state index contributed by atoms with van der Waals surface area (Å²) in [6, 6.07) is 4.13. The van der Waals surface area contributed by atoms with E-state index in [-0.39, 0.29) is 6.04 Å². The quantitative estimate of drug-likeness (QED) is 0.761. The van der Waals surface area contributed by atoms with Crippen molar-refractivity contribution in [2.45, 2.75) is 25.8 Å². The highest BCUT2D eigenvalue weighted by Crippen LogP contribution is 2.09. The molecule has 0 unspecified atom stereocenters. The lowest BCUT2D eigenvalue weighted by Crippen LogP contribution is -2.15. The number of aromatic nitrogens is 1. The molecule has 0 spiro atoms. The molecule has 2 N–H and O–H groups in total. The monoisotopic (exact) mass is 180 g/mol. The number of ether oxygens (including phenoxy) is 1. The van der Waals surface area contributed by atoms with E-state index in [1.165, 1.54) is 0 Å². The molecule has 0 aromatic carbocycles. The summed E-state index contributed by atoms with van der Waals surface area (Å²) in [5.74, 6) is 0.796. The Morgan fingerprint density at radius 3 is 2.77 bits per heavy atom. The molecule has 3 heteroatoms. The largest absolute Gasteiger partial charge is 0.495 e. The summed E-state index contributed by atoms with van der Waals surface area (Å²) >= 11 is 0. The van der Waals surface area contributed by atoms with Gasteiger partial charge in [0.2, 0.25) is 0 Å². The SMILES string of the molecule is COc1ccc(CC[C@H](C)N)nc1. The van der Waals surface area contributed by atoms with Gasteiger partial charge in [0, 0.05) is 11.7 Å². The van der Waals surface area contributed by atoms with Gasteiger partial charge in [-0.05, 0) is 31.9 Å². The minimum Gasteiger partial charge on any atom is -0.495 e. The fourth-order valence-corrected chi connectivity index (χ4v) is 1.06. The molecule has 0 aliphatic carbocycles. The van der Waals surface area contributed by atoms with Gasteiger partial charge >= 0.3 is 0 Å². The number of hydrogen-bond acceptors (Lipinski definition) is 3. The van der Waals surface area contributed by atoms with Crippen LogP contribution in [0.2, 0.25) is 0 Å². The smallest absolute Gasteiger partial charge is 0.137 e. The number of nitrogens with zero attached hydrogens (tertiary/aromatic N) is 1. The van der Waals surface area contributed by atoms with Gasteiger partial charge in [-0.25, -0.2) is 0 Å². The average Bonchev–Trinajstić information content (AvgIpc) is 2.15. The van der Waals surface area contributed by atoms with Crippen LogP contribution in [0.5, 0.6) is 5.75 Å². The predicted molar refractivity (Wildman–Crippen MR) is 52.8 cm³/mol. The Labute approximate surface area is 78.9 Å². The molecular formula is C10H16N2O. The number of hydrogen-bond donors (Lipinski definition) is 1. The van der Waals surface area contributed by atoms with Crippen molar-refractivity contribution in [1.82, 2.24) is 4.98 Å². The van der Waals surface area contributed by atoms with Gasteiger partial charge in [0.05, 0.1) is 13.3 Å². The summed E-state index contributed by atoms with van der Waals surface area (Å²) in [6.45, 7) is 2.00. The fraction of sp³-hybridized carbons (Fsp3) is 0.500. The lowest BCUT2D eigenvalue weighted by atomic mass is 10.1. The van der Waals surface area contributed by atoms with E-state index in [2.05, 4.69) is 4.98 Å². The highest BCUT2D eigenvalue weighted by Gasteiger charge is 1.98. The first-order valence-corrected chi connectivity index (χ1v) is 4.47. The summed E-state index contributed by atoms with van der Waals surface area (Å²) in [5, 5.41) is 0. The molecule has 1 aromatic heterocycles. The predicted octanol–water partition coefficient (Wildman–Crippen LogP) is 1.37. The van der Waals surface area contributed by atoms with Crippen molar-refractivity contribution >= 4 is 0 Å². The molecule has 1 rings (SSSR count). The number of nitrogens with two attached hydrogens (primary N) is 1. The Morgan fingerprint density at radius 2 is 2.31 bits per heavy atom. The minimum absolute atomic E-state index is 0.240. The molecule has 0 saturated heterocycles. The van der Waals surface area contributed by atoms with E-state index in [0.29, 0.717) is 0 Å². The van der Waals surface area contributed by atoms with E-state index >= 15 is 0 Å². The molecule has 3 nitrogen and oxygen atoms in total. The zero-order valence-electron chi connectivity index (χ0n) is 8.16. The Balaban J connectivity index is 2.49. The lowest BCUT2D eigenvalue weighted by molar-refractivity contribution is 0.412. The third-order valence-electron chi connectivity index (χ3n) is 1.89. The topological polar surface area (TPSA) is 48.1 Å². The molecule has 1 aromatic rings. The van der Waals surface area contributed by atoms with Crippen LogP contribution in [0, 0.1) is 0 Å². The average molecular weight is 180 g/mol. The van der Waals surface area contributed by atoms with Gasteiger partial charge in [-0.2, -0.15) is 0 Å². The van der Waals surface area contributed by atoms with Gasteiger partial charge in [-0.3, -0.25) is 4.98 Å². The molecule has 0 saturated carbocycles. The number of aryl methyl sites for hydroxylation is 1. The van der Waals surface area contributed by atoms with Gasteiger partial charge in [-0.1, -0.05) is 0 Å². The lowest BCUT2D eigenvalue weighted by Gasteiger charge is -2.04. The molecule has 0 fully saturated rings. The van der Waals surface area contributed by atoms with Crippen LogP contribution < -0.4 is 10.5 Å². The molecule has 0 radical (unpaired) electrons. The normalized spacial score (nSPS) is 12.5. The van der Waals surface area contributed by atoms with Crippen LogP contribution >= 0.6 is 0 Å². The van der Waals surface area contributed by atoms with Crippen molar-refractivity contribution in [3.05, 3.63) is 24.0 Å². The second kappa shape index (κ2) is 4.82. The first-order valence-electron chi connectivity index (χ1n) is 4.47. The zero-order valence-corrected chi connectivity index (χ0v) is 8.16. The third-order valence-corrected chi connectivity index (χ3v) is 1.89. The Kier molecular flexibility index (Phi) is 3.71. The van der Waals surface area contributed by atoms with Crippen LogP contribution in [0.1, 0.15) is 19.0 Å². The van der Waals surface area contributed by atoms with E-state index in [4.69, 9.17) is 10.5 Å². The number of pyridine rings is 1. The van der Waals surface area contributed by atoms with Crippen LogP contribution in [-0.4, -0.2) is 18.1 Å². The van der Waals surface area contributed by atoms with Crippen molar-refractivity contribution < 1.29 is 4.74 Å². The van der Waals surface area contributed by atoms with Crippen LogP contribution in [0.15, 0.2) is 18.3 Å². The maximum Gasteiger partial charge on any atom is 0.137 e. The molecular weight excluding hydrogens is 164 g/mol. The summed E-state index contributed by atoms with van der Waals surface area (Å²) in [7, 11) is 1.64. The number of methoxy groups -OCH3 is 1. The molecule has 0 amide bonds. The van der Waals surface area contributed by atoms with Crippen molar-refractivity contribution in [1.29, 1.82) is 0 Å². The van der Waals surface area contributed by atoms with Crippen LogP contribution in [0.3, 0.4) is 0 Å². The van der Waals surface area contributed by atoms with E-state index in [1.54, 1.807) is 13.3 Å². The molecule has 13 heavy (non-hydrogen) atoms. The molecule has 0 aliphatic heterocycles. The maximum absolute atomic E-state index is 5.64. The first kappa shape index (κ1) is 9.99. The Bertz CT molecular complexity index is 244. The first-order chi connectivity index (χ1) is 6.22. The summed E-state index contributed by atoms with van der Waals surface area (Å²) in [6.07, 6.45) is 3.64. The van der Waals surface area contributed by atoms with E-state index in [0.717, 1.165) is 24.3 Å². The molecule has 0 aliphatic rings. The van der Waals surface area contributed by atoms with E-state index < -0.39 is 0 Å².